The quantitative estimate of drug-likeness (QED) is 0.724. The first-order chi connectivity index (χ1) is 8.09. The minimum atomic E-state index is -0.991. The van der Waals surface area contributed by atoms with Gasteiger partial charge >= 0.3 is 5.97 Å². The largest absolute Gasteiger partial charge is 0.480 e. The molecule has 0 aliphatic carbocycles. The summed E-state index contributed by atoms with van der Waals surface area (Å²) < 4.78 is 0. The number of likely N-dealkylation sites (tertiary alicyclic amines) is 1. The van der Waals surface area contributed by atoms with Crippen LogP contribution in [0.2, 0.25) is 0 Å². The molecule has 1 amide bonds. The third-order valence-corrected chi connectivity index (χ3v) is 3.07. The van der Waals surface area contributed by atoms with E-state index in [0.717, 1.165) is 26.1 Å². The van der Waals surface area contributed by atoms with Crippen molar-refractivity contribution >= 4 is 11.9 Å². The third-order valence-electron chi connectivity index (χ3n) is 3.07. The lowest BCUT2D eigenvalue weighted by Gasteiger charge is -2.26. The minimum absolute atomic E-state index is 0.170. The number of amides is 1. The van der Waals surface area contributed by atoms with E-state index >= 15 is 0 Å². The minimum Gasteiger partial charge on any atom is -0.480 e. The zero-order valence-electron chi connectivity index (χ0n) is 10.4. The van der Waals surface area contributed by atoms with E-state index in [-0.39, 0.29) is 5.91 Å². The lowest BCUT2D eigenvalue weighted by Crippen LogP contribution is -2.38. The topological polar surface area (TPSA) is 69.6 Å². The molecule has 1 heterocycles. The molecule has 0 radical (unpaired) electrons. The molecule has 1 saturated heterocycles. The van der Waals surface area contributed by atoms with Gasteiger partial charge in [0.15, 0.2) is 0 Å². The third kappa shape index (κ3) is 5.68. The Balaban J connectivity index is 2.09. The fraction of sp³-hybridized carbons (Fsp3) is 0.833. The Labute approximate surface area is 102 Å². The van der Waals surface area contributed by atoms with E-state index in [0.29, 0.717) is 6.42 Å². The molecule has 0 aromatic heterocycles. The van der Waals surface area contributed by atoms with Crippen LogP contribution in [-0.2, 0) is 9.59 Å². The summed E-state index contributed by atoms with van der Waals surface area (Å²) in [7, 11) is 0. The molecule has 2 N–H and O–H groups in total. The van der Waals surface area contributed by atoms with E-state index in [1.165, 1.54) is 26.2 Å². The SMILES string of the molecule is CC(NC(=O)CCCN1CCCCC1)C(=O)O. The Kier molecular flexibility index (Phi) is 5.97. The highest BCUT2D eigenvalue weighted by molar-refractivity contribution is 5.83. The van der Waals surface area contributed by atoms with Crippen LogP contribution in [0.15, 0.2) is 0 Å². The van der Waals surface area contributed by atoms with Crippen molar-refractivity contribution in [2.75, 3.05) is 19.6 Å². The van der Waals surface area contributed by atoms with Crippen LogP contribution in [0.5, 0.6) is 0 Å². The van der Waals surface area contributed by atoms with Crippen molar-refractivity contribution in [3.05, 3.63) is 0 Å². The number of hydrogen-bond donors (Lipinski definition) is 2. The van der Waals surface area contributed by atoms with Crippen molar-refractivity contribution in [1.29, 1.82) is 0 Å². The molecule has 0 bridgehead atoms. The highest BCUT2D eigenvalue weighted by atomic mass is 16.4. The van der Waals surface area contributed by atoms with Crippen LogP contribution in [0.25, 0.3) is 0 Å². The molecule has 1 unspecified atom stereocenters. The molecule has 0 aromatic carbocycles. The van der Waals surface area contributed by atoms with Crippen molar-refractivity contribution in [1.82, 2.24) is 10.2 Å². The number of carboxylic acid groups (broad SMARTS) is 1. The molecular weight excluding hydrogens is 220 g/mol. The molecule has 17 heavy (non-hydrogen) atoms. The second-order valence-corrected chi connectivity index (χ2v) is 4.63. The normalized spacial score (nSPS) is 18.6. The smallest absolute Gasteiger partial charge is 0.325 e. The number of carbonyl (C=O) groups excluding carboxylic acids is 1. The molecule has 1 aliphatic rings. The van der Waals surface area contributed by atoms with Gasteiger partial charge in [0, 0.05) is 6.42 Å². The highest BCUT2D eigenvalue weighted by Gasteiger charge is 2.14. The Bertz CT molecular complexity index is 262. The predicted molar refractivity (Wildman–Crippen MR) is 64.8 cm³/mol. The molecule has 0 saturated carbocycles. The van der Waals surface area contributed by atoms with Crippen LogP contribution in [0.4, 0.5) is 0 Å². The van der Waals surface area contributed by atoms with Crippen LogP contribution < -0.4 is 5.32 Å². The van der Waals surface area contributed by atoms with E-state index in [1.54, 1.807) is 0 Å². The van der Waals surface area contributed by atoms with Gasteiger partial charge in [0.25, 0.3) is 0 Å². The first kappa shape index (κ1) is 14.0. The van der Waals surface area contributed by atoms with Gasteiger partial charge in [-0.25, -0.2) is 0 Å². The van der Waals surface area contributed by atoms with Crippen LogP contribution >= 0.6 is 0 Å². The standard InChI is InChI=1S/C12H22N2O3/c1-10(12(16)17)13-11(15)6-5-9-14-7-3-2-4-8-14/h10H,2-9H2,1H3,(H,13,15)(H,16,17). The van der Waals surface area contributed by atoms with E-state index in [2.05, 4.69) is 10.2 Å². The number of carboxylic acids is 1. The zero-order valence-corrected chi connectivity index (χ0v) is 10.4. The first-order valence-electron chi connectivity index (χ1n) is 6.34. The van der Waals surface area contributed by atoms with Crippen molar-refractivity contribution < 1.29 is 14.7 Å². The van der Waals surface area contributed by atoms with Gasteiger partial charge in [0.05, 0.1) is 0 Å². The number of hydrogen-bond acceptors (Lipinski definition) is 3. The molecule has 98 valence electrons. The maximum atomic E-state index is 11.4. The molecular formula is C12H22N2O3. The van der Waals surface area contributed by atoms with Gasteiger partial charge in [-0.3, -0.25) is 9.59 Å². The van der Waals surface area contributed by atoms with Crippen molar-refractivity contribution in [3.63, 3.8) is 0 Å². The number of nitrogens with zero attached hydrogens (tertiary/aromatic N) is 1. The summed E-state index contributed by atoms with van der Waals surface area (Å²) >= 11 is 0. The molecule has 1 aliphatic heterocycles. The second-order valence-electron chi connectivity index (χ2n) is 4.63. The summed E-state index contributed by atoms with van der Waals surface area (Å²) in [6.07, 6.45) is 5.03. The van der Waals surface area contributed by atoms with Gasteiger partial charge in [0.2, 0.25) is 5.91 Å². The number of carbonyl (C=O) groups is 2. The molecule has 1 fully saturated rings. The van der Waals surface area contributed by atoms with Crippen molar-refractivity contribution in [3.8, 4) is 0 Å². The summed E-state index contributed by atoms with van der Waals surface area (Å²) in [6.45, 7) is 4.68. The maximum absolute atomic E-state index is 11.4. The van der Waals surface area contributed by atoms with E-state index < -0.39 is 12.0 Å². The van der Waals surface area contributed by atoms with Crippen molar-refractivity contribution in [2.24, 2.45) is 0 Å². The predicted octanol–water partition coefficient (Wildman–Crippen LogP) is 0.842. The number of rotatable bonds is 6. The van der Waals surface area contributed by atoms with E-state index in [4.69, 9.17) is 5.11 Å². The maximum Gasteiger partial charge on any atom is 0.325 e. The Morgan fingerprint density at radius 2 is 1.94 bits per heavy atom. The van der Waals surface area contributed by atoms with Gasteiger partial charge in [-0.15, -0.1) is 0 Å². The van der Waals surface area contributed by atoms with Crippen molar-refractivity contribution in [2.45, 2.75) is 45.1 Å². The summed E-state index contributed by atoms with van der Waals surface area (Å²) in [5.41, 5.74) is 0. The lowest BCUT2D eigenvalue weighted by atomic mass is 10.1. The lowest BCUT2D eigenvalue weighted by molar-refractivity contribution is -0.141. The van der Waals surface area contributed by atoms with Crippen LogP contribution in [0.1, 0.15) is 39.0 Å². The van der Waals surface area contributed by atoms with E-state index in [1.807, 2.05) is 0 Å². The Morgan fingerprint density at radius 1 is 1.29 bits per heavy atom. The fourth-order valence-electron chi connectivity index (χ4n) is 2.02. The summed E-state index contributed by atoms with van der Waals surface area (Å²) in [4.78, 5) is 24.3. The van der Waals surface area contributed by atoms with Gasteiger partial charge in [-0.05, 0) is 45.8 Å². The van der Waals surface area contributed by atoms with Crippen LogP contribution in [-0.4, -0.2) is 47.6 Å². The van der Waals surface area contributed by atoms with Crippen LogP contribution in [0, 0.1) is 0 Å². The monoisotopic (exact) mass is 242 g/mol. The second kappa shape index (κ2) is 7.27. The molecule has 5 nitrogen and oxygen atoms in total. The average molecular weight is 242 g/mol. The van der Waals surface area contributed by atoms with Crippen LogP contribution in [0.3, 0.4) is 0 Å². The first-order valence-corrected chi connectivity index (χ1v) is 6.34. The highest BCUT2D eigenvalue weighted by Crippen LogP contribution is 2.09. The van der Waals surface area contributed by atoms with Gasteiger partial charge < -0.3 is 15.3 Å². The Hall–Kier alpha value is -1.10. The summed E-state index contributed by atoms with van der Waals surface area (Å²) in [5.74, 6) is -1.16. The molecule has 0 aromatic rings. The number of piperidine rings is 1. The van der Waals surface area contributed by atoms with E-state index in [9.17, 15) is 9.59 Å². The summed E-state index contributed by atoms with van der Waals surface area (Å²) in [5, 5.41) is 11.1. The van der Waals surface area contributed by atoms with Gasteiger partial charge in [0.1, 0.15) is 6.04 Å². The molecule has 1 atom stereocenters. The zero-order chi connectivity index (χ0) is 12.7. The molecule has 5 heteroatoms. The number of nitrogens with one attached hydrogen (secondary N) is 1. The Morgan fingerprint density at radius 3 is 2.53 bits per heavy atom. The molecule has 1 rings (SSSR count). The summed E-state index contributed by atoms with van der Waals surface area (Å²) in [6, 6.07) is -0.794. The average Bonchev–Trinajstić information content (AvgIpc) is 2.30. The van der Waals surface area contributed by atoms with Gasteiger partial charge in [-0.2, -0.15) is 0 Å². The molecule has 0 spiro atoms. The number of aliphatic carboxylic acids is 1. The van der Waals surface area contributed by atoms with Gasteiger partial charge in [-0.1, -0.05) is 6.42 Å². The fourth-order valence-corrected chi connectivity index (χ4v) is 2.02.